The molecule has 2 N–H and O–H groups in total. The highest BCUT2D eigenvalue weighted by Gasteiger charge is 2.19. The Morgan fingerprint density at radius 1 is 1.33 bits per heavy atom. The monoisotopic (exact) mass is 312 g/mol. The van der Waals surface area contributed by atoms with E-state index in [4.69, 9.17) is 5.11 Å². The highest BCUT2D eigenvalue weighted by Crippen LogP contribution is 2.23. The number of thioether (sulfide) groups is 1. The van der Waals surface area contributed by atoms with Crippen LogP contribution in [0.2, 0.25) is 0 Å². The molecule has 0 spiro atoms. The van der Waals surface area contributed by atoms with E-state index in [2.05, 4.69) is 11.6 Å². The lowest BCUT2D eigenvalue weighted by molar-refractivity contribution is -0.385. The van der Waals surface area contributed by atoms with E-state index in [0.717, 1.165) is 19.4 Å². The molecule has 0 saturated heterocycles. The molecule has 0 bridgehead atoms. The number of unbranched alkanes of at least 4 members (excludes halogenated alkanes) is 3. The van der Waals surface area contributed by atoms with Gasteiger partial charge in [0.05, 0.1) is 4.92 Å². The van der Waals surface area contributed by atoms with E-state index in [1.54, 1.807) is 6.07 Å². The second-order valence-electron chi connectivity index (χ2n) is 4.63. The average molecular weight is 312 g/mol. The van der Waals surface area contributed by atoms with Gasteiger partial charge >= 0.3 is 5.97 Å². The van der Waals surface area contributed by atoms with Crippen LogP contribution >= 0.6 is 11.8 Å². The fourth-order valence-electron chi connectivity index (χ4n) is 1.93. The maximum atomic E-state index is 10.9. The van der Waals surface area contributed by atoms with Crippen LogP contribution in [0.3, 0.4) is 0 Å². The zero-order valence-electron chi connectivity index (χ0n) is 12.0. The molecule has 0 aliphatic rings. The van der Waals surface area contributed by atoms with Crippen LogP contribution in [-0.2, 0) is 0 Å². The molecule has 0 fully saturated rings. The Hall–Kier alpha value is -1.76. The standard InChI is InChI=1S/C14H20N2O4S/c1-21-9-5-3-2-4-8-15-11-6-7-12(14(17)18)13(10-11)16(19)20/h6-7,10,15H,2-5,8-9H2,1H3,(H,17,18). The van der Waals surface area contributed by atoms with Crippen molar-refractivity contribution < 1.29 is 14.8 Å². The molecule has 0 unspecified atom stereocenters. The third-order valence-electron chi connectivity index (χ3n) is 3.03. The van der Waals surface area contributed by atoms with Crippen LogP contribution in [0.5, 0.6) is 0 Å². The van der Waals surface area contributed by atoms with Gasteiger partial charge in [0.1, 0.15) is 5.56 Å². The Kier molecular flexibility index (Phi) is 7.60. The topological polar surface area (TPSA) is 92.5 Å². The van der Waals surface area contributed by atoms with Crippen molar-refractivity contribution in [3.05, 3.63) is 33.9 Å². The van der Waals surface area contributed by atoms with Crippen molar-refractivity contribution in [1.29, 1.82) is 0 Å². The van der Waals surface area contributed by atoms with Gasteiger partial charge in [-0.1, -0.05) is 12.8 Å². The number of nitrogens with zero attached hydrogens (tertiary/aromatic N) is 1. The minimum Gasteiger partial charge on any atom is -0.477 e. The van der Waals surface area contributed by atoms with E-state index in [1.165, 1.54) is 30.7 Å². The summed E-state index contributed by atoms with van der Waals surface area (Å²) in [5.74, 6) is -0.113. The van der Waals surface area contributed by atoms with E-state index in [1.807, 2.05) is 11.8 Å². The lowest BCUT2D eigenvalue weighted by Crippen LogP contribution is -2.06. The third-order valence-corrected chi connectivity index (χ3v) is 3.73. The molecular weight excluding hydrogens is 292 g/mol. The highest BCUT2D eigenvalue weighted by molar-refractivity contribution is 7.98. The zero-order chi connectivity index (χ0) is 15.7. The molecule has 6 nitrogen and oxygen atoms in total. The zero-order valence-corrected chi connectivity index (χ0v) is 12.8. The molecular formula is C14H20N2O4S. The number of benzene rings is 1. The molecule has 0 amide bonds. The Morgan fingerprint density at radius 2 is 2.05 bits per heavy atom. The molecule has 0 radical (unpaired) electrons. The number of hydrogen-bond donors (Lipinski definition) is 2. The van der Waals surface area contributed by atoms with Gasteiger partial charge in [-0.15, -0.1) is 0 Å². The minimum atomic E-state index is -1.29. The number of nitrogens with one attached hydrogen (secondary N) is 1. The number of aromatic carboxylic acids is 1. The van der Waals surface area contributed by atoms with Gasteiger partial charge < -0.3 is 10.4 Å². The van der Waals surface area contributed by atoms with Crippen LogP contribution in [0.25, 0.3) is 0 Å². The highest BCUT2D eigenvalue weighted by atomic mass is 32.2. The van der Waals surface area contributed by atoms with Crippen LogP contribution < -0.4 is 5.32 Å². The summed E-state index contributed by atoms with van der Waals surface area (Å²) in [6.45, 7) is 0.725. The Balaban J connectivity index is 2.47. The Morgan fingerprint density at radius 3 is 2.67 bits per heavy atom. The fraction of sp³-hybridized carbons (Fsp3) is 0.500. The quantitative estimate of drug-likeness (QED) is 0.389. The summed E-state index contributed by atoms with van der Waals surface area (Å²) >= 11 is 1.84. The van der Waals surface area contributed by atoms with Crippen molar-refractivity contribution in [2.24, 2.45) is 0 Å². The summed E-state index contributed by atoms with van der Waals surface area (Å²) in [4.78, 5) is 21.1. The first-order chi connectivity index (χ1) is 10.1. The predicted octanol–water partition coefficient (Wildman–Crippen LogP) is 3.63. The van der Waals surface area contributed by atoms with E-state index in [-0.39, 0.29) is 11.3 Å². The van der Waals surface area contributed by atoms with Gasteiger partial charge in [0.25, 0.3) is 5.69 Å². The summed E-state index contributed by atoms with van der Waals surface area (Å²) in [5.41, 5.74) is -0.0918. The predicted molar refractivity (Wildman–Crippen MR) is 85.4 cm³/mol. The fourth-order valence-corrected chi connectivity index (χ4v) is 2.42. The van der Waals surface area contributed by atoms with E-state index < -0.39 is 10.9 Å². The number of carboxylic acids is 1. The van der Waals surface area contributed by atoms with Gasteiger partial charge in [-0.2, -0.15) is 11.8 Å². The summed E-state index contributed by atoms with van der Waals surface area (Å²) < 4.78 is 0. The molecule has 0 aliphatic heterocycles. The second-order valence-corrected chi connectivity index (χ2v) is 5.61. The Labute approximate surface area is 128 Å². The van der Waals surface area contributed by atoms with Crippen molar-refractivity contribution in [1.82, 2.24) is 0 Å². The molecule has 7 heteroatoms. The van der Waals surface area contributed by atoms with Gasteiger partial charge in [-0.3, -0.25) is 10.1 Å². The van der Waals surface area contributed by atoms with Crippen LogP contribution in [-0.4, -0.2) is 34.6 Å². The smallest absolute Gasteiger partial charge is 0.342 e. The van der Waals surface area contributed by atoms with E-state index in [9.17, 15) is 14.9 Å². The molecule has 116 valence electrons. The van der Waals surface area contributed by atoms with Gasteiger partial charge in [0.2, 0.25) is 0 Å². The summed E-state index contributed by atoms with van der Waals surface area (Å²) in [6.07, 6.45) is 6.58. The number of anilines is 1. The lowest BCUT2D eigenvalue weighted by atomic mass is 10.1. The average Bonchev–Trinajstić information content (AvgIpc) is 2.46. The maximum Gasteiger partial charge on any atom is 0.342 e. The van der Waals surface area contributed by atoms with Crippen molar-refractivity contribution in [3.8, 4) is 0 Å². The number of nitro benzene ring substituents is 1. The first-order valence-corrected chi connectivity index (χ1v) is 8.20. The van der Waals surface area contributed by atoms with Gasteiger partial charge in [0, 0.05) is 18.3 Å². The molecule has 0 saturated carbocycles. The number of carboxylic acid groups (broad SMARTS) is 1. The normalized spacial score (nSPS) is 10.3. The summed E-state index contributed by atoms with van der Waals surface area (Å²) in [7, 11) is 0. The number of hydrogen-bond acceptors (Lipinski definition) is 5. The number of rotatable bonds is 10. The molecule has 1 aromatic carbocycles. The second kappa shape index (κ2) is 9.23. The number of nitro groups is 1. The van der Waals surface area contributed by atoms with Crippen molar-refractivity contribution >= 4 is 29.1 Å². The van der Waals surface area contributed by atoms with Crippen molar-refractivity contribution in [3.63, 3.8) is 0 Å². The van der Waals surface area contributed by atoms with Crippen LogP contribution in [0.15, 0.2) is 18.2 Å². The van der Waals surface area contributed by atoms with Crippen LogP contribution in [0, 0.1) is 10.1 Å². The first kappa shape index (κ1) is 17.3. The van der Waals surface area contributed by atoms with Crippen LogP contribution in [0.1, 0.15) is 36.0 Å². The lowest BCUT2D eigenvalue weighted by Gasteiger charge is -2.07. The van der Waals surface area contributed by atoms with Crippen LogP contribution in [0.4, 0.5) is 11.4 Å². The third kappa shape index (κ3) is 6.03. The molecule has 0 atom stereocenters. The molecule has 0 aromatic heterocycles. The first-order valence-electron chi connectivity index (χ1n) is 6.80. The molecule has 1 aromatic rings. The minimum absolute atomic E-state index is 0.289. The maximum absolute atomic E-state index is 10.9. The molecule has 21 heavy (non-hydrogen) atoms. The van der Waals surface area contributed by atoms with Gasteiger partial charge in [-0.25, -0.2) is 4.79 Å². The molecule has 0 aliphatic carbocycles. The summed E-state index contributed by atoms with van der Waals surface area (Å²) in [6, 6.07) is 4.10. The van der Waals surface area contributed by atoms with Crippen molar-refractivity contribution in [2.45, 2.75) is 25.7 Å². The summed E-state index contributed by atoms with van der Waals surface area (Å²) in [5, 5.41) is 22.9. The SMILES string of the molecule is CSCCCCCCNc1ccc(C(=O)O)c([N+](=O)[O-])c1. The van der Waals surface area contributed by atoms with E-state index in [0.29, 0.717) is 5.69 Å². The molecule has 1 rings (SSSR count). The van der Waals surface area contributed by atoms with Gasteiger partial charge in [-0.05, 0) is 37.0 Å². The Bertz CT molecular complexity index is 494. The largest absolute Gasteiger partial charge is 0.477 e. The van der Waals surface area contributed by atoms with Crippen molar-refractivity contribution in [2.75, 3.05) is 23.9 Å². The van der Waals surface area contributed by atoms with E-state index >= 15 is 0 Å². The van der Waals surface area contributed by atoms with Gasteiger partial charge in [0.15, 0.2) is 0 Å². The number of carbonyl (C=O) groups is 1. The molecule has 0 heterocycles.